The number of carbonyl (C=O) groups is 3. The third-order valence-corrected chi connectivity index (χ3v) is 6.96. The van der Waals surface area contributed by atoms with E-state index in [0.717, 1.165) is 10.8 Å². The van der Waals surface area contributed by atoms with Gasteiger partial charge >= 0.3 is 6.09 Å². The molecule has 9 nitrogen and oxygen atoms in total. The van der Waals surface area contributed by atoms with Crippen LogP contribution in [0.4, 0.5) is 10.5 Å². The number of nitrogens with one attached hydrogen (secondary N) is 2. The van der Waals surface area contributed by atoms with Crippen LogP contribution in [0.3, 0.4) is 0 Å². The lowest BCUT2D eigenvalue weighted by Gasteiger charge is -2.35. The van der Waals surface area contributed by atoms with Crippen LogP contribution >= 0.6 is 0 Å². The monoisotopic (exact) mass is 547 g/mol. The molecule has 40 heavy (non-hydrogen) atoms. The van der Waals surface area contributed by atoms with Gasteiger partial charge in [-0.15, -0.1) is 0 Å². The SMILES string of the molecule is Cc1cccc(C(C(=O)Nc2ccc3ccccc3c2)N(C(=O)C(CO)NC(=O)OC(C)(C)C)C2CC2C)c1O. The van der Waals surface area contributed by atoms with E-state index in [1.165, 1.54) is 4.90 Å². The van der Waals surface area contributed by atoms with Gasteiger partial charge in [-0.25, -0.2) is 4.79 Å². The Kier molecular flexibility index (Phi) is 8.34. The number of phenolic OH excluding ortho intramolecular Hbond substituents is 1. The van der Waals surface area contributed by atoms with E-state index in [1.807, 2.05) is 43.3 Å². The Morgan fingerprint density at radius 2 is 1.73 bits per heavy atom. The molecule has 4 rings (SSSR count). The van der Waals surface area contributed by atoms with Crippen molar-refractivity contribution in [2.75, 3.05) is 11.9 Å². The number of ether oxygens (including phenoxy) is 1. The number of phenols is 1. The molecular formula is C31H37N3O6. The summed E-state index contributed by atoms with van der Waals surface area (Å²) in [6.07, 6.45) is -0.234. The molecule has 4 unspecified atom stereocenters. The van der Waals surface area contributed by atoms with Gasteiger partial charge in [0.1, 0.15) is 23.4 Å². The zero-order valence-electron chi connectivity index (χ0n) is 23.5. The number of alkyl carbamates (subject to hydrolysis) is 1. The molecule has 1 saturated carbocycles. The molecule has 4 N–H and O–H groups in total. The summed E-state index contributed by atoms with van der Waals surface area (Å²) in [7, 11) is 0. The zero-order chi connectivity index (χ0) is 29.2. The third kappa shape index (κ3) is 6.54. The van der Waals surface area contributed by atoms with Gasteiger partial charge in [-0.2, -0.15) is 0 Å². The minimum Gasteiger partial charge on any atom is -0.507 e. The lowest BCUT2D eigenvalue weighted by atomic mass is 9.98. The average molecular weight is 548 g/mol. The van der Waals surface area contributed by atoms with Crippen molar-refractivity contribution >= 4 is 34.4 Å². The van der Waals surface area contributed by atoms with E-state index in [4.69, 9.17) is 4.74 Å². The number of benzene rings is 3. The minimum absolute atomic E-state index is 0.0766. The predicted octanol–water partition coefficient (Wildman–Crippen LogP) is 4.66. The van der Waals surface area contributed by atoms with Crippen molar-refractivity contribution in [3.63, 3.8) is 0 Å². The molecule has 0 spiro atoms. The summed E-state index contributed by atoms with van der Waals surface area (Å²) in [5.41, 5.74) is 0.512. The van der Waals surface area contributed by atoms with Crippen LogP contribution in [0.2, 0.25) is 0 Å². The number of fused-ring (bicyclic) bond motifs is 1. The first kappa shape index (κ1) is 28.9. The molecule has 4 atom stereocenters. The summed E-state index contributed by atoms with van der Waals surface area (Å²) in [6.45, 7) is 8.03. The number of para-hydroxylation sites is 1. The molecule has 3 aromatic rings. The Morgan fingerprint density at radius 3 is 2.35 bits per heavy atom. The number of aliphatic hydroxyl groups is 1. The van der Waals surface area contributed by atoms with Crippen molar-refractivity contribution in [2.45, 2.75) is 64.8 Å². The second kappa shape index (κ2) is 11.6. The van der Waals surface area contributed by atoms with E-state index in [2.05, 4.69) is 10.6 Å². The van der Waals surface area contributed by atoms with Crippen molar-refractivity contribution in [2.24, 2.45) is 5.92 Å². The fraction of sp³-hybridized carbons (Fsp3) is 0.387. The lowest BCUT2D eigenvalue weighted by Crippen LogP contribution is -2.54. The van der Waals surface area contributed by atoms with Crippen molar-refractivity contribution < 1.29 is 29.3 Å². The molecule has 0 aromatic heterocycles. The second-order valence-corrected chi connectivity index (χ2v) is 11.4. The number of rotatable bonds is 8. The molecule has 0 heterocycles. The third-order valence-electron chi connectivity index (χ3n) is 6.96. The number of hydrogen-bond acceptors (Lipinski definition) is 6. The Morgan fingerprint density at radius 1 is 1.05 bits per heavy atom. The Balaban J connectivity index is 1.72. The van der Waals surface area contributed by atoms with E-state index in [9.17, 15) is 24.6 Å². The number of anilines is 1. The summed E-state index contributed by atoms with van der Waals surface area (Å²) < 4.78 is 5.29. The summed E-state index contributed by atoms with van der Waals surface area (Å²) in [6, 6.07) is 15.4. The van der Waals surface area contributed by atoms with E-state index in [1.54, 1.807) is 52.0 Å². The minimum atomic E-state index is -1.36. The quantitative estimate of drug-likeness (QED) is 0.325. The largest absolute Gasteiger partial charge is 0.507 e. The summed E-state index contributed by atoms with van der Waals surface area (Å²) in [5, 5.41) is 28.5. The molecule has 1 aliphatic carbocycles. The van der Waals surface area contributed by atoms with Gasteiger partial charge in [0.2, 0.25) is 5.91 Å². The van der Waals surface area contributed by atoms with Crippen LogP contribution in [0, 0.1) is 12.8 Å². The van der Waals surface area contributed by atoms with Crippen LogP contribution in [0.1, 0.15) is 51.3 Å². The zero-order valence-corrected chi connectivity index (χ0v) is 23.5. The maximum absolute atomic E-state index is 14.0. The van der Waals surface area contributed by atoms with E-state index >= 15 is 0 Å². The summed E-state index contributed by atoms with van der Waals surface area (Å²) in [4.78, 5) is 41.9. The standard InChI is InChI=1S/C31H37N3O6/c1-18-9-8-12-23(27(18)36)26(28(37)32-22-14-13-20-10-6-7-11-21(20)16-22)34(25-15-19(25)2)29(38)24(17-35)33-30(39)40-31(3,4)5/h6-14,16,19,24-26,35-36H,15,17H2,1-5H3,(H,32,37)(H,33,39). The van der Waals surface area contributed by atoms with E-state index in [-0.39, 0.29) is 23.3 Å². The van der Waals surface area contributed by atoms with Crippen molar-refractivity contribution in [1.29, 1.82) is 0 Å². The Hall–Kier alpha value is -4.11. The number of hydrogen-bond donors (Lipinski definition) is 4. The number of aliphatic hydroxyl groups excluding tert-OH is 1. The van der Waals surface area contributed by atoms with Crippen molar-refractivity contribution in [3.05, 3.63) is 71.8 Å². The molecular weight excluding hydrogens is 510 g/mol. The van der Waals surface area contributed by atoms with Gasteiger partial charge in [0.25, 0.3) is 5.91 Å². The maximum Gasteiger partial charge on any atom is 0.408 e. The number of carbonyl (C=O) groups excluding carboxylic acids is 3. The predicted molar refractivity (Wildman–Crippen MR) is 153 cm³/mol. The Bertz CT molecular complexity index is 1420. The lowest BCUT2D eigenvalue weighted by molar-refractivity contribution is -0.142. The summed E-state index contributed by atoms with van der Waals surface area (Å²) >= 11 is 0. The average Bonchev–Trinajstić information content (AvgIpc) is 3.61. The van der Waals surface area contributed by atoms with Crippen LogP contribution < -0.4 is 10.6 Å². The highest BCUT2D eigenvalue weighted by atomic mass is 16.6. The fourth-order valence-electron chi connectivity index (χ4n) is 4.78. The van der Waals surface area contributed by atoms with Crippen LogP contribution in [-0.2, 0) is 14.3 Å². The molecule has 1 aliphatic rings. The van der Waals surface area contributed by atoms with Crippen LogP contribution in [0.5, 0.6) is 5.75 Å². The highest BCUT2D eigenvalue weighted by molar-refractivity contribution is 6.01. The highest BCUT2D eigenvalue weighted by Gasteiger charge is 2.48. The van der Waals surface area contributed by atoms with Crippen LogP contribution in [0.25, 0.3) is 10.8 Å². The molecule has 0 bridgehead atoms. The van der Waals surface area contributed by atoms with Gasteiger partial charge in [-0.05, 0) is 68.5 Å². The molecule has 3 amide bonds. The number of amides is 3. The van der Waals surface area contributed by atoms with Crippen molar-refractivity contribution in [3.8, 4) is 5.75 Å². The van der Waals surface area contributed by atoms with Gasteiger partial charge in [0.05, 0.1) is 6.61 Å². The fourth-order valence-corrected chi connectivity index (χ4v) is 4.78. The van der Waals surface area contributed by atoms with Gasteiger partial charge in [0.15, 0.2) is 0 Å². The van der Waals surface area contributed by atoms with Gasteiger partial charge in [-0.3, -0.25) is 9.59 Å². The van der Waals surface area contributed by atoms with Gasteiger partial charge < -0.3 is 30.5 Å². The Labute approximate surface area is 234 Å². The number of aryl methyl sites for hydroxylation is 1. The topological polar surface area (TPSA) is 128 Å². The molecule has 1 fully saturated rings. The molecule has 0 saturated heterocycles. The summed E-state index contributed by atoms with van der Waals surface area (Å²) in [5.74, 6) is -1.21. The molecule has 0 radical (unpaired) electrons. The number of nitrogens with zero attached hydrogens (tertiary/aromatic N) is 1. The first-order chi connectivity index (χ1) is 18.9. The van der Waals surface area contributed by atoms with Crippen LogP contribution in [-0.4, -0.2) is 57.3 Å². The maximum atomic E-state index is 14.0. The molecule has 9 heteroatoms. The second-order valence-electron chi connectivity index (χ2n) is 11.4. The first-order valence-electron chi connectivity index (χ1n) is 13.4. The highest BCUT2D eigenvalue weighted by Crippen LogP contribution is 2.43. The molecule has 0 aliphatic heterocycles. The first-order valence-corrected chi connectivity index (χ1v) is 13.4. The van der Waals surface area contributed by atoms with Gasteiger partial charge in [-0.1, -0.05) is 55.5 Å². The van der Waals surface area contributed by atoms with E-state index < -0.39 is 42.2 Å². The smallest absolute Gasteiger partial charge is 0.408 e. The molecule has 212 valence electrons. The molecule has 3 aromatic carbocycles. The normalized spacial score (nSPS) is 17.9. The van der Waals surface area contributed by atoms with E-state index in [0.29, 0.717) is 17.7 Å². The van der Waals surface area contributed by atoms with Crippen molar-refractivity contribution in [1.82, 2.24) is 10.2 Å². The number of aromatic hydroxyl groups is 1. The van der Waals surface area contributed by atoms with Crippen LogP contribution in [0.15, 0.2) is 60.7 Å². The van der Waals surface area contributed by atoms with Gasteiger partial charge in [0, 0.05) is 17.3 Å².